The maximum atomic E-state index is 11.0. The summed E-state index contributed by atoms with van der Waals surface area (Å²) in [5, 5.41) is 14.5. The molecule has 0 radical (unpaired) electrons. The van der Waals surface area contributed by atoms with E-state index in [1.54, 1.807) is 13.0 Å². The van der Waals surface area contributed by atoms with Crippen molar-refractivity contribution in [3.63, 3.8) is 0 Å². The quantitative estimate of drug-likeness (QED) is 0.682. The van der Waals surface area contributed by atoms with Crippen molar-refractivity contribution in [1.82, 2.24) is 4.90 Å². The van der Waals surface area contributed by atoms with E-state index in [0.29, 0.717) is 17.5 Å². The maximum Gasteiger partial charge on any atom is 0.272 e. The molecule has 0 aliphatic carbocycles. The molecule has 1 aliphatic heterocycles. The van der Waals surface area contributed by atoms with Gasteiger partial charge in [-0.05, 0) is 71.3 Å². The number of benzene rings is 1. The van der Waals surface area contributed by atoms with E-state index in [9.17, 15) is 10.1 Å². The van der Waals surface area contributed by atoms with E-state index in [0.717, 1.165) is 24.3 Å². The normalized spacial score (nSPS) is 18.5. The molecule has 1 N–H and O–H groups in total. The molecule has 0 aromatic heterocycles. The first kappa shape index (κ1) is 15.8. The molecule has 0 spiro atoms. The zero-order valence-corrected chi connectivity index (χ0v) is 13.3. The predicted octanol–water partition coefficient (Wildman–Crippen LogP) is 3.35. The summed E-state index contributed by atoms with van der Waals surface area (Å²) >= 11 is 0. The molecule has 1 saturated heterocycles. The standard InChI is InChI=1S/C16H25N3O2/c1-11-10-16(19(20)21)12(2)9-15(11)17-13(3)14-5-7-18(4)8-6-14/h9-10,13-14,17H,5-8H2,1-4H3. The summed E-state index contributed by atoms with van der Waals surface area (Å²) in [7, 11) is 2.16. The van der Waals surface area contributed by atoms with Crippen LogP contribution in [0.2, 0.25) is 0 Å². The van der Waals surface area contributed by atoms with Crippen molar-refractivity contribution >= 4 is 11.4 Å². The number of likely N-dealkylation sites (tertiary alicyclic amines) is 1. The molecular weight excluding hydrogens is 266 g/mol. The molecule has 5 heteroatoms. The molecule has 1 unspecified atom stereocenters. The fourth-order valence-electron chi connectivity index (χ4n) is 3.04. The second kappa shape index (κ2) is 6.43. The summed E-state index contributed by atoms with van der Waals surface area (Å²) in [6.45, 7) is 8.23. The van der Waals surface area contributed by atoms with Crippen LogP contribution in [0.1, 0.15) is 30.9 Å². The van der Waals surface area contributed by atoms with Crippen molar-refractivity contribution < 1.29 is 4.92 Å². The van der Waals surface area contributed by atoms with E-state index < -0.39 is 0 Å². The Balaban J connectivity index is 2.09. The highest BCUT2D eigenvalue weighted by atomic mass is 16.6. The maximum absolute atomic E-state index is 11.0. The van der Waals surface area contributed by atoms with E-state index in [4.69, 9.17) is 0 Å². The molecule has 21 heavy (non-hydrogen) atoms. The summed E-state index contributed by atoms with van der Waals surface area (Å²) in [6.07, 6.45) is 2.41. The summed E-state index contributed by atoms with van der Waals surface area (Å²) in [4.78, 5) is 13.0. The van der Waals surface area contributed by atoms with Crippen LogP contribution in [0.5, 0.6) is 0 Å². The van der Waals surface area contributed by atoms with Crippen molar-refractivity contribution in [2.45, 2.75) is 39.7 Å². The highest BCUT2D eigenvalue weighted by Crippen LogP contribution is 2.28. The van der Waals surface area contributed by atoms with Crippen LogP contribution in [-0.2, 0) is 0 Å². The molecule has 0 amide bonds. The number of nitrogens with one attached hydrogen (secondary N) is 1. The van der Waals surface area contributed by atoms with Gasteiger partial charge in [0.15, 0.2) is 0 Å². The van der Waals surface area contributed by atoms with Gasteiger partial charge in [0.2, 0.25) is 0 Å². The van der Waals surface area contributed by atoms with Crippen molar-refractivity contribution in [1.29, 1.82) is 0 Å². The monoisotopic (exact) mass is 291 g/mol. The van der Waals surface area contributed by atoms with Crippen molar-refractivity contribution in [2.75, 3.05) is 25.5 Å². The Bertz CT molecular complexity index is 522. The summed E-state index contributed by atoms with van der Waals surface area (Å²) in [6, 6.07) is 3.95. The van der Waals surface area contributed by atoms with Crippen LogP contribution in [0.25, 0.3) is 0 Å². The van der Waals surface area contributed by atoms with Gasteiger partial charge < -0.3 is 10.2 Å². The van der Waals surface area contributed by atoms with Crippen LogP contribution >= 0.6 is 0 Å². The molecule has 2 rings (SSSR count). The van der Waals surface area contributed by atoms with Gasteiger partial charge in [-0.15, -0.1) is 0 Å². The summed E-state index contributed by atoms with van der Waals surface area (Å²) in [5.41, 5.74) is 2.87. The topological polar surface area (TPSA) is 58.4 Å². The number of rotatable bonds is 4. The number of hydrogen-bond acceptors (Lipinski definition) is 4. The van der Waals surface area contributed by atoms with Gasteiger partial charge in [0.05, 0.1) is 4.92 Å². The van der Waals surface area contributed by atoms with Crippen LogP contribution in [0.4, 0.5) is 11.4 Å². The largest absolute Gasteiger partial charge is 0.382 e. The molecule has 1 aliphatic rings. The van der Waals surface area contributed by atoms with Crippen molar-refractivity contribution in [3.05, 3.63) is 33.4 Å². The van der Waals surface area contributed by atoms with Crippen LogP contribution in [0.15, 0.2) is 12.1 Å². The third-order valence-electron chi connectivity index (χ3n) is 4.59. The fraction of sp³-hybridized carbons (Fsp3) is 0.625. The third-order valence-corrected chi connectivity index (χ3v) is 4.59. The Hall–Kier alpha value is -1.62. The minimum Gasteiger partial charge on any atom is -0.382 e. The summed E-state index contributed by atoms with van der Waals surface area (Å²) < 4.78 is 0. The zero-order valence-electron chi connectivity index (χ0n) is 13.3. The molecule has 1 aromatic rings. The predicted molar refractivity (Wildman–Crippen MR) is 85.9 cm³/mol. The zero-order chi connectivity index (χ0) is 15.6. The Labute approximate surface area is 126 Å². The van der Waals surface area contributed by atoms with Crippen LogP contribution in [0.3, 0.4) is 0 Å². The lowest BCUT2D eigenvalue weighted by atomic mass is 9.90. The second-order valence-electron chi connectivity index (χ2n) is 6.28. The molecule has 1 atom stereocenters. The first-order valence-electron chi connectivity index (χ1n) is 7.59. The molecule has 1 heterocycles. The van der Waals surface area contributed by atoms with Gasteiger partial charge in [0.1, 0.15) is 0 Å². The van der Waals surface area contributed by atoms with E-state index in [-0.39, 0.29) is 10.6 Å². The Morgan fingerprint density at radius 2 is 1.90 bits per heavy atom. The molecule has 1 fully saturated rings. The third kappa shape index (κ3) is 3.73. The number of hydrogen-bond donors (Lipinski definition) is 1. The van der Waals surface area contributed by atoms with Gasteiger partial charge in [-0.1, -0.05) is 0 Å². The number of nitrogens with zero attached hydrogens (tertiary/aromatic N) is 2. The van der Waals surface area contributed by atoms with E-state index in [1.807, 2.05) is 13.0 Å². The minimum absolute atomic E-state index is 0.199. The molecule has 1 aromatic carbocycles. The van der Waals surface area contributed by atoms with Gasteiger partial charge in [0.25, 0.3) is 5.69 Å². The lowest BCUT2D eigenvalue weighted by Gasteiger charge is -2.33. The van der Waals surface area contributed by atoms with Gasteiger partial charge >= 0.3 is 0 Å². The molecule has 5 nitrogen and oxygen atoms in total. The van der Waals surface area contributed by atoms with Gasteiger partial charge in [0, 0.05) is 23.4 Å². The Morgan fingerprint density at radius 3 is 2.48 bits per heavy atom. The number of nitro groups is 1. The first-order chi connectivity index (χ1) is 9.88. The first-order valence-corrected chi connectivity index (χ1v) is 7.59. The van der Waals surface area contributed by atoms with E-state index in [2.05, 4.69) is 24.2 Å². The van der Waals surface area contributed by atoms with Gasteiger partial charge in [-0.25, -0.2) is 0 Å². The van der Waals surface area contributed by atoms with Gasteiger partial charge in [-0.2, -0.15) is 0 Å². The van der Waals surface area contributed by atoms with Gasteiger partial charge in [-0.3, -0.25) is 10.1 Å². The van der Waals surface area contributed by atoms with E-state index in [1.165, 1.54) is 12.8 Å². The highest BCUT2D eigenvalue weighted by molar-refractivity contribution is 5.59. The smallest absolute Gasteiger partial charge is 0.272 e. The Kier molecular flexibility index (Phi) is 4.83. The highest BCUT2D eigenvalue weighted by Gasteiger charge is 2.23. The van der Waals surface area contributed by atoms with Crippen LogP contribution < -0.4 is 5.32 Å². The average molecular weight is 291 g/mol. The Morgan fingerprint density at radius 1 is 1.29 bits per heavy atom. The molecule has 116 valence electrons. The lowest BCUT2D eigenvalue weighted by molar-refractivity contribution is -0.385. The number of aryl methyl sites for hydroxylation is 2. The SMILES string of the molecule is Cc1cc([N+](=O)[O-])c(C)cc1NC(C)C1CCN(C)CC1. The van der Waals surface area contributed by atoms with E-state index >= 15 is 0 Å². The fourth-order valence-corrected chi connectivity index (χ4v) is 3.04. The lowest BCUT2D eigenvalue weighted by Crippen LogP contribution is -2.37. The average Bonchev–Trinajstić information content (AvgIpc) is 2.42. The number of anilines is 1. The molecular formula is C16H25N3O2. The molecule has 0 bridgehead atoms. The van der Waals surface area contributed by atoms with Crippen LogP contribution in [0, 0.1) is 29.9 Å². The minimum atomic E-state index is -0.313. The van der Waals surface area contributed by atoms with Crippen LogP contribution in [-0.4, -0.2) is 36.0 Å². The second-order valence-corrected chi connectivity index (χ2v) is 6.28. The van der Waals surface area contributed by atoms with Crippen molar-refractivity contribution in [3.8, 4) is 0 Å². The number of nitro benzene ring substituents is 1. The number of piperidine rings is 1. The molecule has 0 saturated carbocycles. The summed E-state index contributed by atoms with van der Waals surface area (Å²) in [5.74, 6) is 0.663. The van der Waals surface area contributed by atoms with Crippen molar-refractivity contribution in [2.24, 2.45) is 5.92 Å².